The zero-order valence-corrected chi connectivity index (χ0v) is 19.6. The molecule has 5 aromatic rings. The van der Waals surface area contributed by atoms with E-state index < -0.39 is 21.9 Å². The smallest absolute Gasteiger partial charge is 0.340 e. The quantitative estimate of drug-likeness (QED) is 0.284. The van der Waals surface area contributed by atoms with Crippen LogP contribution in [0.2, 0.25) is 0 Å². The second-order valence-electron chi connectivity index (χ2n) is 7.52. The van der Waals surface area contributed by atoms with Gasteiger partial charge in [-0.15, -0.1) is 0 Å². The number of hydrogen-bond acceptors (Lipinski definition) is 7. The minimum Gasteiger partial charge on any atom is -0.340 e. The van der Waals surface area contributed by atoms with Crippen LogP contribution < -0.4 is 5.32 Å². The fourth-order valence-electron chi connectivity index (χ4n) is 3.14. The van der Waals surface area contributed by atoms with Crippen molar-refractivity contribution < 1.29 is 26.1 Å². The molecule has 37 heavy (non-hydrogen) atoms. The molecule has 0 saturated carbocycles. The molecule has 0 amide bonds. The third-order valence-electron chi connectivity index (χ3n) is 4.92. The van der Waals surface area contributed by atoms with Gasteiger partial charge in [-0.25, -0.2) is 19.9 Å². The first kappa shape index (κ1) is 25.7. The summed E-state index contributed by atoms with van der Waals surface area (Å²) in [5.41, 5.74) is 1.59. The summed E-state index contributed by atoms with van der Waals surface area (Å²) < 4.78 is 67.2. The number of hydrogen-bond donors (Lipinski definition) is 2. The number of nitrogens with one attached hydrogen (secondary N) is 1. The number of benzene rings is 2. The van der Waals surface area contributed by atoms with Gasteiger partial charge >= 0.3 is 6.18 Å². The van der Waals surface area contributed by atoms with E-state index in [1.165, 1.54) is 30.6 Å². The first-order valence-corrected chi connectivity index (χ1v) is 12.0. The van der Waals surface area contributed by atoms with Gasteiger partial charge in [0.2, 0.25) is 0 Å². The Bertz CT molecular complexity index is 1610. The van der Waals surface area contributed by atoms with Crippen molar-refractivity contribution in [1.29, 1.82) is 0 Å². The van der Waals surface area contributed by atoms with Crippen LogP contribution in [0.4, 0.5) is 24.7 Å². The van der Waals surface area contributed by atoms with Crippen LogP contribution >= 0.6 is 0 Å². The molecule has 0 unspecified atom stereocenters. The van der Waals surface area contributed by atoms with Crippen LogP contribution in [0.15, 0.2) is 102 Å². The first-order chi connectivity index (χ1) is 17.6. The molecular weight excluding hydrogens is 507 g/mol. The third kappa shape index (κ3) is 6.84. The number of fused-ring (bicyclic) bond motifs is 1. The molecule has 0 aliphatic carbocycles. The highest BCUT2D eigenvalue weighted by atomic mass is 32.2. The highest BCUT2D eigenvalue weighted by Crippen LogP contribution is 2.30. The van der Waals surface area contributed by atoms with Crippen molar-refractivity contribution in [3.05, 3.63) is 103 Å². The Morgan fingerprint density at radius 1 is 0.784 bits per heavy atom. The van der Waals surface area contributed by atoms with E-state index in [1.807, 2.05) is 24.3 Å². The lowest BCUT2D eigenvalue weighted by Gasteiger charge is -2.09. The topological polar surface area (TPSA) is 118 Å². The predicted octanol–water partition coefficient (Wildman–Crippen LogP) is 5.78. The van der Waals surface area contributed by atoms with Crippen molar-refractivity contribution in [3.63, 3.8) is 0 Å². The highest BCUT2D eigenvalue weighted by molar-refractivity contribution is 7.85. The summed E-state index contributed by atoms with van der Waals surface area (Å²) in [7, 11) is -4.00. The van der Waals surface area contributed by atoms with Gasteiger partial charge < -0.3 is 5.32 Å². The van der Waals surface area contributed by atoms with Crippen LogP contribution in [-0.4, -0.2) is 32.9 Å². The number of alkyl halides is 3. The molecule has 0 aliphatic heterocycles. The standard InChI is InChI=1S/C19H12F3N5.C6H6O3S/c20-19(21,22)13-4-6-14(7-5-13)26-17-10-16(24-11-25-17)15-8-3-12-2-1-9-23-18(12)27-15;7-10(8,9)6-4-2-1-3-5-6/h1-11H,(H,24,25,26);1-5H,(H,7,8,9). The Labute approximate surface area is 209 Å². The van der Waals surface area contributed by atoms with Crippen molar-refractivity contribution in [1.82, 2.24) is 19.9 Å². The van der Waals surface area contributed by atoms with E-state index in [0.717, 1.165) is 17.5 Å². The molecule has 5 rings (SSSR count). The van der Waals surface area contributed by atoms with Crippen molar-refractivity contribution in [2.75, 3.05) is 5.32 Å². The van der Waals surface area contributed by atoms with Gasteiger partial charge in [0, 0.05) is 23.3 Å². The molecule has 0 atom stereocenters. The summed E-state index contributed by atoms with van der Waals surface area (Å²) >= 11 is 0. The number of halogens is 3. The molecule has 0 aliphatic rings. The number of rotatable bonds is 4. The van der Waals surface area contributed by atoms with Gasteiger partial charge in [0.05, 0.1) is 21.8 Å². The van der Waals surface area contributed by atoms with Crippen molar-refractivity contribution in [2.24, 2.45) is 0 Å². The highest BCUT2D eigenvalue weighted by Gasteiger charge is 2.29. The fourth-order valence-corrected chi connectivity index (χ4v) is 3.65. The summed E-state index contributed by atoms with van der Waals surface area (Å²) in [6.07, 6.45) is -1.33. The Balaban J connectivity index is 0.000000270. The second kappa shape index (κ2) is 10.7. The van der Waals surface area contributed by atoms with Crippen LogP contribution in [0, 0.1) is 0 Å². The van der Waals surface area contributed by atoms with Crippen LogP contribution in [0.25, 0.3) is 22.4 Å². The van der Waals surface area contributed by atoms with Gasteiger partial charge in [-0.1, -0.05) is 18.2 Å². The maximum atomic E-state index is 12.6. The molecule has 2 N–H and O–H groups in total. The van der Waals surface area contributed by atoms with E-state index in [9.17, 15) is 21.6 Å². The van der Waals surface area contributed by atoms with E-state index >= 15 is 0 Å². The summed E-state index contributed by atoms with van der Waals surface area (Å²) in [5, 5.41) is 3.88. The van der Waals surface area contributed by atoms with Gasteiger partial charge in [-0.2, -0.15) is 21.6 Å². The normalized spacial score (nSPS) is 11.5. The van der Waals surface area contributed by atoms with E-state index in [4.69, 9.17) is 4.55 Å². The van der Waals surface area contributed by atoms with E-state index in [-0.39, 0.29) is 4.90 Å². The predicted molar refractivity (Wildman–Crippen MR) is 132 cm³/mol. The molecule has 0 radical (unpaired) electrons. The average Bonchev–Trinajstić information content (AvgIpc) is 2.89. The van der Waals surface area contributed by atoms with Crippen molar-refractivity contribution in [3.8, 4) is 11.4 Å². The molecule has 0 fully saturated rings. The van der Waals surface area contributed by atoms with E-state index in [0.29, 0.717) is 28.5 Å². The fraction of sp³-hybridized carbons (Fsp3) is 0.0400. The molecule has 2 aromatic carbocycles. The molecule has 0 spiro atoms. The van der Waals surface area contributed by atoms with Crippen LogP contribution in [0.1, 0.15) is 5.56 Å². The number of nitrogens with zero attached hydrogens (tertiary/aromatic N) is 4. The Hall–Kier alpha value is -4.42. The second-order valence-corrected chi connectivity index (χ2v) is 8.94. The lowest BCUT2D eigenvalue weighted by Crippen LogP contribution is -2.04. The molecule has 0 saturated heterocycles. The van der Waals surface area contributed by atoms with Crippen molar-refractivity contribution >= 4 is 32.7 Å². The SMILES string of the molecule is FC(F)(F)c1ccc(Nc2cc(-c3ccc4cccnc4n3)ncn2)cc1.O=S(=O)(O)c1ccccc1. The van der Waals surface area contributed by atoms with E-state index in [1.54, 1.807) is 30.5 Å². The lowest BCUT2D eigenvalue weighted by molar-refractivity contribution is -0.137. The van der Waals surface area contributed by atoms with Gasteiger partial charge in [-0.3, -0.25) is 4.55 Å². The molecule has 188 valence electrons. The summed E-state index contributed by atoms with van der Waals surface area (Å²) in [5.74, 6) is 0.447. The van der Waals surface area contributed by atoms with Gasteiger partial charge in [0.25, 0.3) is 10.1 Å². The van der Waals surface area contributed by atoms with E-state index in [2.05, 4.69) is 25.3 Å². The van der Waals surface area contributed by atoms with Crippen LogP contribution in [0.5, 0.6) is 0 Å². The van der Waals surface area contributed by atoms with Crippen LogP contribution in [-0.2, 0) is 16.3 Å². The molecule has 3 heterocycles. The van der Waals surface area contributed by atoms with Gasteiger partial charge in [0.1, 0.15) is 12.1 Å². The summed E-state index contributed by atoms with van der Waals surface area (Å²) in [6, 6.07) is 21.3. The largest absolute Gasteiger partial charge is 0.416 e. The third-order valence-corrected chi connectivity index (χ3v) is 5.79. The maximum Gasteiger partial charge on any atom is 0.416 e. The zero-order valence-electron chi connectivity index (χ0n) is 18.8. The van der Waals surface area contributed by atoms with Gasteiger partial charge in [-0.05, 0) is 60.7 Å². The molecule has 12 heteroatoms. The minimum atomic E-state index is -4.36. The van der Waals surface area contributed by atoms with Crippen LogP contribution in [0.3, 0.4) is 0 Å². The number of aromatic nitrogens is 4. The minimum absolute atomic E-state index is 0.0741. The first-order valence-electron chi connectivity index (χ1n) is 10.6. The Morgan fingerprint density at radius 3 is 2.16 bits per heavy atom. The van der Waals surface area contributed by atoms with Crippen molar-refractivity contribution in [2.45, 2.75) is 11.1 Å². The molecule has 0 bridgehead atoms. The summed E-state index contributed by atoms with van der Waals surface area (Å²) in [4.78, 5) is 16.9. The summed E-state index contributed by atoms with van der Waals surface area (Å²) in [6.45, 7) is 0. The monoisotopic (exact) mass is 525 g/mol. The molecule has 8 nitrogen and oxygen atoms in total. The maximum absolute atomic E-state index is 12.6. The molecule has 3 aromatic heterocycles. The average molecular weight is 526 g/mol. The number of pyridine rings is 2. The Kier molecular flexibility index (Phi) is 7.41. The Morgan fingerprint density at radius 2 is 1.51 bits per heavy atom. The number of anilines is 2. The molecular formula is C25H18F3N5O3S. The zero-order chi connectivity index (χ0) is 26.5. The lowest BCUT2D eigenvalue weighted by atomic mass is 10.2. The van der Waals surface area contributed by atoms with Gasteiger partial charge in [0.15, 0.2) is 5.65 Å².